The molecule has 0 heterocycles. The van der Waals surface area contributed by atoms with Crippen LogP contribution in [-0.4, -0.2) is 19.0 Å². The Morgan fingerprint density at radius 3 is 2.50 bits per heavy atom. The lowest BCUT2D eigenvalue weighted by Crippen LogP contribution is -2.12. The fourth-order valence-corrected chi connectivity index (χ4v) is 2.23. The Kier molecular flexibility index (Phi) is 6.21. The molecule has 0 aliphatic heterocycles. The lowest BCUT2D eigenvalue weighted by molar-refractivity contribution is -0.115. The van der Waals surface area contributed by atoms with Crippen LogP contribution in [0, 0.1) is 0 Å². The monoisotopic (exact) mass is 347 g/mol. The van der Waals surface area contributed by atoms with Gasteiger partial charge in [0.15, 0.2) is 0 Å². The van der Waals surface area contributed by atoms with Gasteiger partial charge in [-0.15, -0.1) is 0 Å². The average Bonchev–Trinajstić information content (AvgIpc) is 2.61. The normalized spacial score (nSPS) is 10.1. The molecule has 0 radical (unpaired) electrons. The molecule has 126 valence electrons. The Morgan fingerprint density at radius 2 is 1.88 bits per heavy atom. The topological polar surface area (TPSA) is 64.6 Å². The largest absolute Gasteiger partial charge is 0.496 e. The van der Waals surface area contributed by atoms with E-state index in [9.17, 15) is 9.59 Å². The van der Waals surface area contributed by atoms with E-state index in [4.69, 9.17) is 21.1 Å². The van der Waals surface area contributed by atoms with Crippen LogP contribution >= 0.6 is 11.6 Å². The molecule has 0 aromatic heterocycles. The summed E-state index contributed by atoms with van der Waals surface area (Å²) in [6, 6.07) is 12.3. The third kappa shape index (κ3) is 4.49. The zero-order valence-electron chi connectivity index (χ0n) is 13.5. The molecular formula is C18H18ClNO4. The van der Waals surface area contributed by atoms with Crippen LogP contribution in [0.1, 0.15) is 29.3 Å². The molecule has 0 atom stereocenters. The second-order valence-electron chi connectivity index (χ2n) is 5.00. The smallest absolute Gasteiger partial charge is 0.342 e. The molecule has 24 heavy (non-hydrogen) atoms. The molecule has 0 aliphatic rings. The van der Waals surface area contributed by atoms with E-state index < -0.39 is 5.97 Å². The number of rotatable bonds is 6. The van der Waals surface area contributed by atoms with Gasteiger partial charge in [0.25, 0.3) is 0 Å². The highest BCUT2D eigenvalue weighted by Gasteiger charge is 2.18. The molecule has 2 aromatic carbocycles. The van der Waals surface area contributed by atoms with Gasteiger partial charge in [-0.25, -0.2) is 4.79 Å². The molecule has 2 aromatic rings. The van der Waals surface area contributed by atoms with Crippen LogP contribution in [0.3, 0.4) is 0 Å². The minimum atomic E-state index is -0.550. The summed E-state index contributed by atoms with van der Waals surface area (Å²) in [5, 5.41) is 2.90. The quantitative estimate of drug-likeness (QED) is 0.800. The summed E-state index contributed by atoms with van der Waals surface area (Å²) in [4.78, 5) is 23.8. The number of esters is 1. The second-order valence-corrected chi connectivity index (χ2v) is 5.40. The van der Waals surface area contributed by atoms with E-state index >= 15 is 0 Å². The zero-order valence-corrected chi connectivity index (χ0v) is 14.2. The van der Waals surface area contributed by atoms with Gasteiger partial charge >= 0.3 is 5.97 Å². The first kappa shape index (κ1) is 17.8. The molecule has 0 unspecified atom stereocenters. The first-order valence-electron chi connectivity index (χ1n) is 7.43. The number of nitrogens with one attached hydrogen (secondary N) is 1. The standard InChI is InChI=1S/C18H18ClNO4/c1-3-17(21)20-15-10-16(23-2)13(9-14(15)19)18(22)24-11-12-7-5-4-6-8-12/h4-10H,3,11H2,1-2H3,(H,20,21). The van der Waals surface area contributed by atoms with Crippen LogP contribution in [0.5, 0.6) is 5.75 Å². The van der Waals surface area contributed by atoms with Gasteiger partial charge in [-0.05, 0) is 11.6 Å². The predicted octanol–water partition coefficient (Wildman–Crippen LogP) is 4.05. The molecule has 0 spiro atoms. The zero-order chi connectivity index (χ0) is 17.5. The number of carbonyl (C=O) groups excluding carboxylic acids is 2. The predicted molar refractivity (Wildman–Crippen MR) is 92.5 cm³/mol. The summed E-state index contributed by atoms with van der Waals surface area (Å²) in [5.74, 6) is -0.451. The molecular weight excluding hydrogens is 330 g/mol. The molecule has 1 amide bonds. The lowest BCUT2D eigenvalue weighted by Gasteiger charge is -2.13. The summed E-state index contributed by atoms with van der Waals surface area (Å²) >= 11 is 6.14. The third-order valence-electron chi connectivity index (χ3n) is 3.32. The van der Waals surface area contributed by atoms with E-state index in [2.05, 4.69) is 5.32 Å². The van der Waals surface area contributed by atoms with E-state index in [0.29, 0.717) is 12.1 Å². The molecule has 5 nitrogen and oxygen atoms in total. The third-order valence-corrected chi connectivity index (χ3v) is 3.63. The van der Waals surface area contributed by atoms with Gasteiger partial charge in [-0.1, -0.05) is 48.9 Å². The highest BCUT2D eigenvalue weighted by Crippen LogP contribution is 2.31. The Balaban J connectivity index is 2.18. The van der Waals surface area contributed by atoms with Crippen LogP contribution in [0.4, 0.5) is 5.69 Å². The Morgan fingerprint density at radius 1 is 1.17 bits per heavy atom. The van der Waals surface area contributed by atoms with Gasteiger partial charge in [0.1, 0.15) is 17.9 Å². The summed E-state index contributed by atoms with van der Waals surface area (Å²) in [6.07, 6.45) is 0.319. The van der Waals surface area contributed by atoms with E-state index in [1.54, 1.807) is 6.92 Å². The fourth-order valence-electron chi connectivity index (χ4n) is 2.02. The minimum Gasteiger partial charge on any atom is -0.496 e. The molecule has 0 aliphatic carbocycles. The first-order valence-corrected chi connectivity index (χ1v) is 7.81. The van der Waals surface area contributed by atoms with Crippen LogP contribution in [0.15, 0.2) is 42.5 Å². The molecule has 6 heteroatoms. The van der Waals surface area contributed by atoms with Crippen LogP contribution in [0.25, 0.3) is 0 Å². The van der Waals surface area contributed by atoms with Gasteiger partial charge < -0.3 is 14.8 Å². The first-order chi connectivity index (χ1) is 11.5. The minimum absolute atomic E-state index is 0.148. The molecule has 0 saturated carbocycles. The number of methoxy groups -OCH3 is 1. The van der Waals surface area contributed by atoms with Crippen molar-refractivity contribution in [2.24, 2.45) is 0 Å². The molecule has 0 bridgehead atoms. The van der Waals surface area contributed by atoms with Crippen molar-refractivity contribution < 1.29 is 19.1 Å². The van der Waals surface area contributed by atoms with Gasteiger partial charge in [0.05, 0.1) is 17.8 Å². The van der Waals surface area contributed by atoms with Crippen molar-refractivity contribution in [1.29, 1.82) is 0 Å². The number of halogens is 1. The maximum atomic E-state index is 12.3. The second kappa shape index (κ2) is 8.36. The van der Waals surface area contributed by atoms with Gasteiger partial charge in [-0.3, -0.25) is 4.79 Å². The van der Waals surface area contributed by atoms with Crippen LogP contribution in [0.2, 0.25) is 5.02 Å². The van der Waals surface area contributed by atoms with E-state index in [1.165, 1.54) is 19.2 Å². The molecule has 2 rings (SSSR count). The Bertz CT molecular complexity index is 731. The van der Waals surface area contributed by atoms with Crippen molar-refractivity contribution in [3.05, 3.63) is 58.6 Å². The summed E-state index contributed by atoms with van der Waals surface area (Å²) in [6.45, 7) is 1.88. The SMILES string of the molecule is CCC(=O)Nc1cc(OC)c(C(=O)OCc2ccccc2)cc1Cl. The highest BCUT2D eigenvalue weighted by molar-refractivity contribution is 6.34. The van der Waals surface area contributed by atoms with Crippen molar-refractivity contribution in [3.63, 3.8) is 0 Å². The van der Waals surface area contributed by atoms with Crippen LogP contribution in [-0.2, 0) is 16.1 Å². The lowest BCUT2D eigenvalue weighted by atomic mass is 10.1. The Labute approximate surface area is 145 Å². The van der Waals surface area contributed by atoms with E-state index in [-0.39, 0.29) is 28.8 Å². The fraction of sp³-hybridized carbons (Fsp3) is 0.222. The van der Waals surface area contributed by atoms with Gasteiger partial charge in [0.2, 0.25) is 5.91 Å². The summed E-state index contributed by atoms with van der Waals surface area (Å²) in [7, 11) is 1.43. The number of ether oxygens (including phenoxy) is 2. The van der Waals surface area contributed by atoms with Crippen molar-refractivity contribution in [3.8, 4) is 5.75 Å². The number of carbonyl (C=O) groups is 2. The molecule has 1 N–H and O–H groups in total. The summed E-state index contributed by atoms with van der Waals surface area (Å²) in [5.41, 5.74) is 1.47. The van der Waals surface area contributed by atoms with Gasteiger partial charge in [-0.2, -0.15) is 0 Å². The van der Waals surface area contributed by atoms with Crippen molar-refractivity contribution in [2.45, 2.75) is 20.0 Å². The van der Waals surface area contributed by atoms with Gasteiger partial charge in [0, 0.05) is 12.5 Å². The molecule has 0 saturated heterocycles. The van der Waals surface area contributed by atoms with Crippen molar-refractivity contribution >= 4 is 29.2 Å². The highest BCUT2D eigenvalue weighted by atomic mass is 35.5. The average molecular weight is 348 g/mol. The van der Waals surface area contributed by atoms with Crippen LogP contribution < -0.4 is 10.1 Å². The maximum Gasteiger partial charge on any atom is 0.342 e. The number of amides is 1. The molecule has 0 fully saturated rings. The maximum absolute atomic E-state index is 12.3. The Hall–Kier alpha value is -2.53. The van der Waals surface area contributed by atoms with E-state index in [1.807, 2.05) is 30.3 Å². The van der Waals surface area contributed by atoms with Crippen molar-refractivity contribution in [1.82, 2.24) is 0 Å². The van der Waals surface area contributed by atoms with Crippen molar-refractivity contribution in [2.75, 3.05) is 12.4 Å². The number of hydrogen-bond donors (Lipinski definition) is 1. The number of anilines is 1. The van der Waals surface area contributed by atoms with E-state index in [0.717, 1.165) is 5.56 Å². The number of hydrogen-bond acceptors (Lipinski definition) is 4. The summed E-state index contributed by atoms with van der Waals surface area (Å²) < 4.78 is 10.5. The number of benzene rings is 2.